The van der Waals surface area contributed by atoms with Gasteiger partial charge in [-0.1, -0.05) is 48.5 Å². The number of carbonyl (C=O) groups excluding carboxylic acids is 1. The molecule has 0 aliphatic carbocycles. The molecule has 0 spiro atoms. The highest BCUT2D eigenvalue weighted by Gasteiger charge is 2.11. The highest BCUT2D eigenvalue weighted by molar-refractivity contribution is 5.91. The van der Waals surface area contributed by atoms with Crippen LogP contribution in [0.5, 0.6) is 5.75 Å². The number of ether oxygens (including phenoxy) is 1. The number of hydrogen-bond donors (Lipinski definition) is 1. The van der Waals surface area contributed by atoms with Crippen LogP contribution < -0.4 is 10.1 Å². The molecule has 1 heterocycles. The van der Waals surface area contributed by atoms with E-state index >= 15 is 0 Å². The standard InChI is InChI=1S/C19H17NO3/c21-19(20-13-15-7-3-1-4-8-15)18-12-11-17(23-18)14-22-16-9-5-2-6-10-16/h1-12H,13-14H2,(H,20,21). The van der Waals surface area contributed by atoms with Crippen molar-refractivity contribution in [1.82, 2.24) is 5.32 Å². The molecule has 4 nitrogen and oxygen atoms in total. The lowest BCUT2D eigenvalue weighted by atomic mass is 10.2. The molecule has 0 aliphatic rings. The first kappa shape index (κ1) is 14.9. The van der Waals surface area contributed by atoms with Crippen molar-refractivity contribution in [3.05, 3.63) is 89.9 Å². The van der Waals surface area contributed by atoms with Crippen molar-refractivity contribution < 1.29 is 13.9 Å². The summed E-state index contributed by atoms with van der Waals surface area (Å²) >= 11 is 0. The maximum absolute atomic E-state index is 12.1. The summed E-state index contributed by atoms with van der Waals surface area (Å²) in [5.41, 5.74) is 1.04. The van der Waals surface area contributed by atoms with Gasteiger partial charge in [-0.05, 0) is 29.8 Å². The average molecular weight is 307 g/mol. The Kier molecular flexibility index (Phi) is 4.74. The van der Waals surface area contributed by atoms with Gasteiger partial charge in [0.25, 0.3) is 5.91 Å². The van der Waals surface area contributed by atoms with E-state index in [0.717, 1.165) is 11.3 Å². The molecule has 2 aromatic carbocycles. The van der Waals surface area contributed by atoms with Crippen molar-refractivity contribution in [3.8, 4) is 5.75 Å². The number of carbonyl (C=O) groups is 1. The maximum atomic E-state index is 12.1. The second-order valence-corrected chi connectivity index (χ2v) is 5.04. The Balaban J connectivity index is 1.53. The summed E-state index contributed by atoms with van der Waals surface area (Å²) in [4.78, 5) is 12.1. The van der Waals surface area contributed by atoms with Gasteiger partial charge in [0, 0.05) is 6.54 Å². The predicted octanol–water partition coefficient (Wildman–Crippen LogP) is 3.79. The first-order chi connectivity index (χ1) is 11.3. The van der Waals surface area contributed by atoms with Crippen LogP contribution in [0.25, 0.3) is 0 Å². The van der Waals surface area contributed by atoms with Crippen LogP contribution in [0.3, 0.4) is 0 Å². The molecule has 0 bridgehead atoms. The summed E-state index contributed by atoms with van der Waals surface area (Å²) in [7, 11) is 0. The fourth-order valence-electron chi connectivity index (χ4n) is 2.11. The highest BCUT2D eigenvalue weighted by atomic mass is 16.5. The van der Waals surface area contributed by atoms with Crippen LogP contribution in [0, 0.1) is 0 Å². The largest absolute Gasteiger partial charge is 0.486 e. The fourth-order valence-corrected chi connectivity index (χ4v) is 2.11. The molecule has 1 aromatic heterocycles. The van der Waals surface area contributed by atoms with Crippen LogP contribution in [0.15, 0.2) is 77.2 Å². The van der Waals surface area contributed by atoms with Crippen LogP contribution in [0.2, 0.25) is 0 Å². The predicted molar refractivity (Wildman–Crippen MR) is 87.1 cm³/mol. The molecule has 0 saturated heterocycles. The van der Waals surface area contributed by atoms with Crippen LogP contribution in [0.4, 0.5) is 0 Å². The Hall–Kier alpha value is -3.01. The van der Waals surface area contributed by atoms with E-state index in [1.807, 2.05) is 60.7 Å². The second-order valence-electron chi connectivity index (χ2n) is 5.04. The fraction of sp³-hybridized carbons (Fsp3) is 0.105. The number of nitrogens with one attached hydrogen (secondary N) is 1. The van der Waals surface area contributed by atoms with Crippen molar-refractivity contribution in [2.24, 2.45) is 0 Å². The van der Waals surface area contributed by atoms with E-state index in [4.69, 9.17) is 9.15 Å². The summed E-state index contributed by atoms with van der Waals surface area (Å²) in [5.74, 6) is 1.42. The Bertz CT molecular complexity index is 751. The molecule has 23 heavy (non-hydrogen) atoms. The van der Waals surface area contributed by atoms with E-state index < -0.39 is 0 Å². The van der Waals surface area contributed by atoms with Gasteiger partial charge in [-0.15, -0.1) is 0 Å². The Morgan fingerprint density at radius 3 is 2.35 bits per heavy atom. The Labute approximate surface area is 134 Å². The number of amides is 1. The first-order valence-electron chi connectivity index (χ1n) is 7.40. The zero-order valence-electron chi connectivity index (χ0n) is 12.6. The lowest BCUT2D eigenvalue weighted by molar-refractivity contribution is 0.0919. The molecule has 0 saturated carbocycles. The molecular formula is C19H17NO3. The SMILES string of the molecule is O=C(NCc1ccccc1)c1ccc(COc2ccccc2)o1. The van der Waals surface area contributed by atoms with E-state index in [1.165, 1.54) is 0 Å². The molecule has 0 radical (unpaired) electrons. The van der Waals surface area contributed by atoms with Crippen molar-refractivity contribution in [2.45, 2.75) is 13.2 Å². The van der Waals surface area contributed by atoms with Crippen LogP contribution >= 0.6 is 0 Å². The summed E-state index contributed by atoms with van der Waals surface area (Å²) in [6.07, 6.45) is 0. The quantitative estimate of drug-likeness (QED) is 0.754. The molecule has 1 amide bonds. The molecule has 0 unspecified atom stereocenters. The first-order valence-corrected chi connectivity index (χ1v) is 7.40. The zero-order valence-corrected chi connectivity index (χ0v) is 12.6. The van der Waals surface area contributed by atoms with Crippen molar-refractivity contribution in [2.75, 3.05) is 0 Å². The molecule has 1 N–H and O–H groups in total. The topological polar surface area (TPSA) is 51.5 Å². The van der Waals surface area contributed by atoms with Gasteiger partial charge in [0.05, 0.1) is 0 Å². The van der Waals surface area contributed by atoms with Gasteiger partial charge >= 0.3 is 0 Å². The van der Waals surface area contributed by atoms with E-state index in [2.05, 4.69) is 5.32 Å². The van der Waals surface area contributed by atoms with Crippen LogP contribution in [-0.4, -0.2) is 5.91 Å². The van der Waals surface area contributed by atoms with E-state index in [1.54, 1.807) is 12.1 Å². The van der Waals surface area contributed by atoms with Gasteiger partial charge in [0.2, 0.25) is 0 Å². The van der Waals surface area contributed by atoms with E-state index in [9.17, 15) is 4.79 Å². The van der Waals surface area contributed by atoms with Crippen molar-refractivity contribution in [1.29, 1.82) is 0 Å². The number of hydrogen-bond acceptors (Lipinski definition) is 3. The van der Waals surface area contributed by atoms with Crippen molar-refractivity contribution >= 4 is 5.91 Å². The average Bonchev–Trinajstić information content (AvgIpc) is 3.09. The van der Waals surface area contributed by atoms with Crippen molar-refractivity contribution in [3.63, 3.8) is 0 Å². The molecule has 3 rings (SSSR count). The minimum Gasteiger partial charge on any atom is -0.486 e. The third kappa shape index (κ3) is 4.23. The monoisotopic (exact) mass is 307 g/mol. The summed E-state index contributed by atoms with van der Waals surface area (Å²) in [6.45, 7) is 0.756. The van der Waals surface area contributed by atoms with Crippen LogP contribution in [0.1, 0.15) is 21.9 Å². The van der Waals surface area contributed by atoms with Gasteiger partial charge in [0.1, 0.15) is 18.1 Å². The molecule has 0 fully saturated rings. The van der Waals surface area contributed by atoms with Gasteiger partial charge < -0.3 is 14.5 Å². The molecule has 116 valence electrons. The molecule has 3 aromatic rings. The highest BCUT2D eigenvalue weighted by Crippen LogP contribution is 2.14. The number of benzene rings is 2. The second kappa shape index (κ2) is 7.31. The van der Waals surface area contributed by atoms with Gasteiger partial charge in [-0.3, -0.25) is 4.79 Å². The molecular weight excluding hydrogens is 290 g/mol. The number of furan rings is 1. The van der Waals surface area contributed by atoms with Gasteiger partial charge in [-0.25, -0.2) is 0 Å². The summed E-state index contributed by atoms with van der Waals surface area (Å²) in [5, 5.41) is 2.83. The summed E-state index contributed by atoms with van der Waals surface area (Å²) < 4.78 is 11.1. The van der Waals surface area contributed by atoms with Crippen LogP contribution in [-0.2, 0) is 13.2 Å². The molecule has 4 heteroatoms. The number of para-hydroxylation sites is 1. The minimum absolute atomic E-state index is 0.236. The lowest BCUT2D eigenvalue weighted by Crippen LogP contribution is -2.22. The summed E-state index contributed by atoms with van der Waals surface area (Å²) in [6, 6.07) is 22.6. The lowest BCUT2D eigenvalue weighted by Gasteiger charge is -2.04. The van der Waals surface area contributed by atoms with Gasteiger partial charge in [0.15, 0.2) is 5.76 Å². The minimum atomic E-state index is -0.236. The molecule has 0 aliphatic heterocycles. The zero-order chi connectivity index (χ0) is 15.9. The van der Waals surface area contributed by atoms with E-state index in [-0.39, 0.29) is 18.3 Å². The number of rotatable bonds is 6. The van der Waals surface area contributed by atoms with E-state index in [0.29, 0.717) is 12.3 Å². The molecule has 0 atom stereocenters. The smallest absolute Gasteiger partial charge is 0.287 e. The third-order valence-electron chi connectivity index (χ3n) is 3.31. The van der Waals surface area contributed by atoms with Gasteiger partial charge in [-0.2, -0.15) is 0 Å². The Morgan fingerprint density at radius 1 is 0.913 bits per heavy atom. The normalized spacial score (nSPS) is 10.3. The third-order valence-corrected chi connectivity index (χ3v) is 3.31. The maximum Gasteiger partial charge on any atom is 0.287 e. The Morgan fingerprint density at radius 2 is 1.61 bits per heavy atom.